The molecule has 4 aliphatic rings. The first kappa shape index (κ1) is 18.2. The molecule has 0 atom stereocenters. The van der Waals surface area contributed by atoms with Crippen LogP contribution in [0.3, 0.4) is 0 Å². The summed E-state index contributed by atoms with van der Waals surface area (Å²) in [7, 11) is 0. The van der Waals surface area contributed by atoms with Crippen molar-refractivity contribution in [1.29, 1.82) is 0 Å². The summed E-state index contributed by atoms with van der Waals surface area (Å²) in [6, 6.07) is 10.2. The molecule has 1 aromatic rings. The topological polar surface area (TPSA) is 45.1 Å². The van der Waals surface area contributed by atoms with E-state index < -0.39 is 0 Å². The van der Waals surface area contributed by atoms with Gasteiger partial charge in [-0.15, -0.1) is 0 Å². The highest BCUT2D eigenvalue weighted by Crippen LogP contribution is 2.33. The van der Waals surface area contributed by atoms with Crippen molar-refractivity contribution in [3.05, 3.63) is 119 Å². The molecule has 150 valence electrons. The van der Waals surface area contributed by atoms with Crippen LogP contribution in [0.5, 0.6) is 0 Å². The lowest BCUT2D eigenvalue weighted by atomic mass is 10.1. The van der Waals surface area contributed by atoms with Crippen LogP contribution < -0.4 is 5.43 Å². The van der Waals surface area contributed by atoms with E-state index in [-0.39, 0.29) is 0 Å². The van der Waals surface area contributed by atoms with Crippen molar-refractivity contribution >= 4 is 6.08 Å². The molecule has 30 heavy (non-hydrogen) atoms. The van der Waals surface area contributed by atoms with Gasteiger partial charge in [-0.1, -0.05) is 53.5 Å². The maximum Gasteiger partial charge on any atom is 0.327 e. The van der Waals surface area contributed by atoms with Crippen molar-refractivity contribution in [3.8, 4) is 0 Å². The van der Waals surface area contributed by atoms with E-state index in [0.29, 0.717) is 25.5 Å². The molecule has 0 amide bonds. The van der Waals surface area contributed by atoms with E-state index in [1.54, 1.807) is 0 Å². The number of allylic oxidation sites excluding steroid dienone is 4. The summed E-state index contributed by atoms with van der Waals surface area (Å²) in [5, 5.41) is 6.03. The van der Waals surface area contributed by atoms with Crippen molar-refractivity contribution < 1.29 is 4.76 Å². The Morgan fingerprint density at radius 3 is 2.67 bits per heavy atom. The maximum atomic E-state index is 12.7. The molecule has 0 aromatic heterocycles. The van der Waals surface area contributed by atoms with Crippen molar-refractivity contribution in [2.75, 3.05) is 19.6 Å². The van der Waals surface area contributed by atoms with Gasteiger partial charge < -0.3 is 0 Å². The zero-order valence-electron chi connectivity index (χ0n) is 16.5. The predicted octanol–water partition coefficient (Wildman–Crippen LogP) is 3.23. The van der Waals surface area contributed by atoms with Crippen LogP contribution in [0, 0.1) is 4.91 Å². The maximum absolute atomic E-state index is 12.7. The number of fused-ring (bicyclic) bond motifs is 1. The third kappa shape index (κ3) is 3.35. The molecule has 4 heterocycles. The zero-order chi connectivity index (χ0) is 20.3. The lowest BCUT2D eigenvalue weighted by Gasteiger charge is -2.39. The minimum absolute atomic E-state index is 0.366. The molecule has 1 aromatic carbocycles. The number of nitrogens with zero attached hydrogens (tertiary/aromatic N) is 5. The molecule has 0 saturated heterocycles. The number of nitrogens with one attached hydrogen (secondary N) is 1. The largest absolute Gasteiger partial charge is 0.327 e. The number of benzene rings is 1. The first-order chi connectivity index (χ1) is 14.8. The number of hydrazine groups is 3. The summed E-state index contributed by atoms with van der Waals surface area (Å²) in [6.45, 7) is 1.56. The molecule has 7 nitrogen and oxygen atoms in total. The molecule has 0 saturated carbocycles. The van der Waals surface area contributed by atoms with Gasteiger partial charge in [-0.3, -0.25) is 10.4 Å². The van der Waals surface area contributed by atoms with Gasteiger partial charge in [0.25, 0.3) is 0 Å². The summed E-state index contributed by atoms with van der Waals surface area (Å²) >= 11 is 0. The molecular weight excluding hydrogens is 376 g/mol. The third-order valence-electron chi connectivity index (χ3n) is 5.20. The van der Waals surface area contributed by atoms with E-state index in [1.807, 2.05) is 77.4 Å². The van der Waals surface area contributed by atoms with Gasteiger partial charge in [0.15, 0.2) is 6.54 Å². The Bertz CT molecular complexity index is 1030. The van der Waals surface area contributed by atoms with Gasteiger partial charge in [-0.25, -0.2) is 9.91 Å². The summed E-state index contributed by atoms with van der Waals surface area (Å²) in [5.74, 6) is 1.64. The smallest absolute Gasteiger partial charge is 0.284 e. The Kier molecular flexibility index (Phi) is 4.78. The Morgan fingerprint density at radius 1 is 1.07 bits per heavy atom. The third-order valence-corrected chi connectivity index (χ3v) is 5.20. The number of hydrogen-bond acceptors (Lipinski definition) is 6. The summed E-state index contributed by atoms with van der Waals surface area (Å²) < 4.78 is 1.07. The second-order valence-corrected chi connectivity index (χ2v) is 7.16. The minimum Gasteiger partial charge on any atom is -0.284 e. The van der Waals surface area contributed by atoms with Gasteiger partial charge in [0.1, 0.15) is 6.54 Å². The molecule has 7 heteroatoms. The zero-order valence-corrected chi connectivity index (χ0v) is 16.5. The van der Waals surface area contributed by atoms with Crippen LogP contribution in [-0.4, -0.2) is 44.5 Å². The molecule has 0 aliphatic carbocycles. The fraction of sp³-hybridized carbons (Fsp3) is 0.130. The summed E-state index contributed by atoms with van der Waals surface area (Å²) in [5.41, 5.74) is 5.45. The Balaban J connectivity index is 1.44. The first-order valence-electron chi connectivity index (χ1n) is 9.98. The summed E-state index contributed by atoms with van der Waals surface area (Å²) in [6.07, 6.45) is 22.0. The molecule has 0 fully saturated rings. The van der Waals surface area contributed by atoms with Crippen LogP contribution >= 0.6 is 0 Å². The van der Waals surface area contributed by atoms with E-state index in [2.05, 4.69) is 45.7 Å². The van der Waals surface area contributed by atoms with Gasteiger partial charge in [-0.05, 0) is 45.9 Å². The monoisotopic (exact) mass is 399 g/mol. The van der Waals surface area contributed by atoms with Crippen LogP contribution in [0.15, 0.2) is 109 Å². The van der Waals surface area contributed by atoms with Crippen LogP contribution in [0.2, 0.25) is 0 Å². The SMILES string of the molecule is O=[N+]1CC=CC2=C1N(CC=Cc1ccccc1)C1=CNN(N3C=CC=CC=C3)N1C2. The molecule has 0 radical (unpaired) electrons. The molecule has 0 bridgehead atoms. The van der Waals surface area contributed by atoms with Gasteiger partial charge in [0.2, 0.25) is 5.82 Å². The molecule has 0 unspecified atom stereocenters. The number of nitroso groups, excluding NO2 is 1. The molecular formula is C23H23N6O+. The molecule has 5 rings (SSSR count). The minimum atomic E-state index is 0.366. The quantitative estimate of drug-likeness (QED) is 0.785. The Hall–Kier alpha value is -3.84. The van der Waals surface area contributed by atoms with E-state index in [4.69, 9.17) is 0 Å². The van der Waals surface area contributed by atoms with Gasteiger partial charge in [-0.2, -0.15) is 0 Å². The second kappa shape index (κ2) is 7.88. The average molecular weight is 399 g/mol. The van der Waals surface area contributed by atoms with E-state index in [9.17, 15) is 4.91 Å². The fourth-order valence-electron chi connectivity index (χ4n) is 3.84. The van der Waals surface area contributed by atoms with E-state index in [0.717, 1.165) is 21.7 Å². The predicted molar refractivity (Wildman–Crippen MR) is 116 cm³/mol. The standard InChI is InChI=1S/C23H23N6O/c30-28-17-9-13-21-19-27-22(18-24-29(27)25-14-6-1-2-7-15-25)26(23(21)28)16-8-12-20-10-4-3-5-11-20/h1-15,18,24H,16-17,19H2/q+1. The molecule has 4 aliphatic heterocycles. The van der Waals surface area contributed by atoms with Crippen LogP contribution in [0.4, 0.5) is 0 Å². The summed E-state index contributed by atoms with van der Waals surface area (Å²) in [4.78, 5) is 14.8. The van der Waals surface area contributed by atoms with E-state index in [1.165, 1.54) is 0 Å². The number of hydrogen-bond donors (Lipinski definition) is 1. The van der Waals surface area contributed by atoms with Gasteiger partial charge >= 0.3 is 5.82 Å². The van der Waals surface area contributed by atoms with Crippen molar-refractivity contribution in [1.82, 2.24) is 25.6 Å². The van der Waals surface area contributed by atoms with Crippen LogP contribution in [0.1, 0.15) is 5.56 Å². The molecule has 1 N–H and O–H groups in total. The Morgan fingerprint density at radius 2 is 1.87 bits per heavy atom. The van der Waals surface area contributed by atoms with Gasteiger partial charge in [0.05, 0.1) is 18.3 Å². The normalized spacial score (nSPS) is 20.6. The van der Waals surface area contributed by atoms with Crippen LogP contribution in [-0.2, 0) is 0 Å². The number of rotatable bonds is 4. The van der Waals surface area contributed by atoms with Crippen molar-refractivity contribution in [2.24, 2.45) is 0 Å². The molecule has 0 spiro atoms. The highest BCUT2D eigenvalue weighted by atomic mass is 16.3. The lowest BCUT2D eigenvalue weighted by molar-refractivity contribution is -0.509. The first-order valence-corrected chi connectivity index (χ1v) is 9.98. The van der Waals surface area contributed by atoms with E-state index >= 15 is 0 Å². The second-order valence-electron chi connectivity index (χ2n) is 7.16. The van der Waals surface area contributed by atoms with Crippen molar-refractivity contribution in [2.45, 2.75) is 0 Å². The highest BCUT2D eigenvalue weighted by molar-refractivity contribution is 5.49. The van der Waals surface area contributed by atoms with Crippen molar-refractivity contribution in [3.63, 3.8) is 0 Å². The lowest BCUT2D eigenvalue weighted by Crippen LogP contribution is -2.54. The fourth-order valence-corrected chi connectivity index (χ4v) is 3.84. The Labute approximate surface area is 175 Å². The average Bonchev–Trinajstić information content (AvgIpc) is 3.00. The van der Waals surface area contributed by atoms with Crippen LogP contribution in [0.25, 0.3) is 6.08 Å². The van der Waals surface area contributed by atoms with Gasteiger partial charge in [0, 0.05) is 12.4 Å². The highest BCUT2D eigenvalue weighted by Gasteiger charge is 2.45.